The Balaban J connectivity index is 1.54. The lowest BCUT2D eigenvalue weighted by Gasteiger charge is -2.05. The van der Waals surface area contributed by atoms with E-state index in [9.17, 15) is 18.4 Å². The van der Waals surface area contributed by atoms with Crippen molar-refractivity contribution in [3.05, 3.63) is 101 Å². The van der Waals surface area contributed by atoms with Crippen molar-refractivity contribution in [1.29, 1.82) is 0 Å². The highest BCUT2D eigenvalue weighted by Gasteiger charge is 2.28. The van der Waals surface area contributed by atoms with Gasteiger partial charge in [0.1, 0.15) is 23.1 Å². The average Bonchev–Trinajstić information content (AvgIpc) is 2.99. The van der Waals surface area contributed by atoms with Crippen molar-refractivity contribution >= 4 is 17.8 Å². The number of ether oxygens (including phenoxy) is 2. The van der Waals surface area contributed by atoms with Gasteiger partial charge in [-0.25, -0.2) is 13.6 Å². The SMILES string of the molecule is O=C(Oc1ccc2c(c1)OC(=Cc1ccc(F)cc1)C2=O)c1ccc(F)cc1. The molecule has 1 aliphatic heterocycles. The summed E-state index contributed by atoms with van der Waals surface area (Å²) in [4.78, 5) is 24.6. The standard InChI is InChI=1S/C22H12F2O4/c23-15-5-1-13(2-6-15)11-20-21(25)18-10-9-17(12-19(18)28-20)27-22(26)14-3-7-16(24)8-4-14/h1-12H. The molecule has 28 heavy (non-hydrogen) atoms. The molecule has 0 aliphatic carbocycles. The van der Waals surface area contributed by atoms with E-state index in [-0.39, 0.29) is 34.4 Å². The quantitative estimate of drug-likeness (QED) is 0.373. The van der Waals surface area contributed by atoms with Gasteiger partial charge in [0, 0.05) is 6.07 Å². The summed E-state index contributed by atoms with van der Waals surface area (Å²) < 4.78 is 36.8. The van der Waals surface area contributed by atoms with E-state index in [0.717, 1.165) is 12.1 Å². The lowest BCUT2D eigenvalue weighted by Crippen LogP contribution is -2.08. The molecule has 4 rings (SSSR count). The normalized spacial score (nSPS) is 13.9. The van der Waals surface area contributed by atoms with Crippen LogP contribution in [0.15, 0.2) is 72.5 Å². The molecule has 0 bridgehead atoms. The third kappa shape index (κ3) is 3.53. The zero-order valence-electron chi connectivity index (χ0n) is 14.3. The summed E-state index contributed by atoms with van der Waals surface area (Å²) in [6.07, 6.45) is 1.51. The van der Waals surface area contributed by atoms with Crippen molar-refractivity contribution in [2.75, 3.05) is 0 Å². The number of hydrogen-bond acceptors (Lipinski definition) is 4. The van der Waals surface area contributed by atoms with Gasteiger partial charge < -0.3 is 9.47 Å². The minimum absolute atomic E-state index is 0.0867. The van der Waals surface area contributed by atoms with E-state index in [1.807, 2.05) is 0 Å². The predicted octanol–water partition coefficient (Wildman–Crippen LogP) is 4.80. The summed E-state index contributed by atoms with van der Waals surface area (Å²) in [6.45, 7) is 0. The zero-order chi connectivity index (χ0) is 19.7. The van der Waals surface area contributed by atoms with E-state index in [0.29, 0.717) is 11.1 Å². The summed E-state index contributed by atoms with van der Waals surface area (Å²) in [5, 5.41) is 0. The van der Waals surface area contributed by atoms with E-state index < -0.39 is 11.8 Å². The van der Waals surface area contributed by atoms with Crippen LogP contribution in [0.5, 0.6) is 11.5 Å². The molecule has 1 heterocycles. The number of ketones is 1. The van der Waals surface area contributed by atoms with Crippen molar-refractivity contribution in [2.24, 2.45) is 0 Å². The van der Waals surface area contributed by atoms with E-state index in [4.69, 9.17) is 9.47 Å². The monoisotopic (exact) mass is 378 g/mol. The molecule has 0 atom stereocenters. The highest BCUT2D eigenvalue weighted by Crippen LogP contribution is 2.35. The van der Waals surface area contributed by atoms with Crippen molar-refractivity contribution in [3.8, 4) is 11.5 Å². The number of Topliss-reactive ketones (excluding diaryl/α,β-unsaturated/α-hetero) is 1. The molecule has 0 aromatic heterocycles. The van der Waals surface area contributed by atoms with Gasteiger partial charge in [0.25, 0.3) is 0 Å². The molecule has 3 aromatic rings. The molecular formula is C22H12F2O4. The number of rotatable bonds is 3. The molecule has 0 N–H and O–H groups in total. The summed E-state index contributed by atoms with van der Waals surface area (Å²) >= 11 is 0. The molecule has 4 nitrogen and oxygen atoms in total. The maximum atomic E-state index is 13.0. The smallest absolute Gasteiger partial charge is 0.343 e. The van der Waals surface area contributed by atoms with Gasteiger partial charge in [-0.05, 0) is 60.2 Å². The first kappa shape index (κ1) is 17.6. The van der Waals surface area contributed by atoms with Gasteiger partial charge in [-0.2, -0.15) is 0 Å². The first-order chi connectivity index (χ1) is 13.5. The van der Waals surface area contributed by atoms with Crippen LogP contribution in [0.4, 0.5) is 8.78 Å². The molecule has 0 unspecified atom stereocenters. The number of halogens is 2. The van der Waals surface area contributed by atoms with E-state index in [1.54, 1.807) is 0 Å². The van der Waals surface area contributed by atoms with Crippen LogP contribution in [-0.4, -0.2) is 11.8 Å². The van der Waals surface area contributed by atoms with E-state index in [2.05, 4.69) is 0 Å². The van der Waals surface area contributed by atoms with Crippen LogP contribution in [0.1, 0.15) is 26.3 Å². The number of allylic oxidation sites excluding steroid dienone is 1. The second-order valence-corrected chi connectivity index (χ2v) is 6.05. The summed E-state index contributed by atoms with van der Waals surface area (Å²) in [5.41, 5.74) is 1.13. The van der Waals surface area contributed by atoms with Gasteiger partial charge in [-0.15, -0.1) is 0 Å². The molecule has 0 saturated heterocycles. The lowest BCUT2D eigenvalue weighted by molar-refractivity contribution is 0.0734. The Hall–Kier alpha value is -3.80. The Morgan fingerprint density at radius 2 is 1.54 bits per heavy atom. The topological polar surface area (TPSA) is 52.6 Å². The molecule has 0 amide bonds. The van der Waals surface area contributed by atoms with Crippen molar-refractivity contribution in [2.45, 2.75) is 0 Å². The molecular weight excluding hydrogens is 366 g/mol. The van der Waals surface area contributed by atoms with Crippen LogP contribution in [0.3, 0.4) is 0 Å². The first-order valence-electron chi connectivity index (χ1n) is 8.31. The molecule has 3 aromatic carbocycles. The number of carbonyl (C=O) groups is 2. The highest BCUT2D eigenvalue weighted by molar-refractivity contribution is 6.14. The second kappa shape index (κ2) is 7.08. The maximum Gasteiger partial charge on any atom is 0.343 e. The zero-order valence-corrected chi connectivity index (χ0v) is 14.3. The van der Waals surface area contributed by atoms with E-state index in [1.165, 1.54) is 60.7 Å². The number of fused-ring (bicyclic) bond motifs is 1. The third-order valence-corrected chi connectivity index (χ3v) is 4.10. The summed E-state index contributed by atoms with van der Waals surface area (Å²) in [6, 6.07) is 15.0. The van der Waals surface area contributed by atoms with E-state index >= 15 is 0 Å². The minimum atomic E-state index is -0.661. The van der Waals surface area contributed by atoms with Crippen LogP contribution in [-0.2, 0) is 0 Å². The Morgan fingerprint density at radius 3 is 2.21 bits per heavy atom. The number of benzene rings is 3. The predicted molar refractivity (Wildman–Crippen MR) is 97.1 cm³/mol. The lowest BCUT2D eigenvalue weighted by atomic mass is 10.1. The molecule has 6 heteroatoms. The van der Waals surface area contributed by atoms with Crippen molar-refractivity contribution < 1.29 is 27.8 Å². The van der Waals surface area contributed by atoms with Gasteiger partial charge in [0.05, 0.1) is 11.1 Å². The fourth-order valence-corrected chi connectivity index (χ4v) is 2.69. The van der Waals surface area contributed by atoms with Gasteiger partial charge in [-0.3, -0.25) is 4.79 Å². The van der Waals surface area contributed by atoms with Gasteiger partial charge >= 0.3 is 5.97 Å². The molecule has 138 valence electrons. The number of carbonyl (C=O) groups excluding carboxylic acids is 2. The molecule has 0 radical (unpaired) electrons. The largest absolute Gasteiger partial charge is 0.452 e. The molecule has 1 aliphatic rings. The Morgan fingerprint density at radius 1 is 0.893 bits per heavy atom. The summed E-state index contributed by atoms with van der Waals surface area (Å²) in [5.74, 6) is -1.30. The Bertz CT molecular complexity index is 1100. The first-order valence-corrected chi connectivity index (χ1v) is 8.31. The maximum absolute atomic E-state index is 13.0. The number of hydrogen-bond donors (Lipinski definition) is 0. The number of esters is 1. The van der Waals surface area contributed by atoms with Crippen LogP contribution in [0.25, 0.3) is 6.08 Å². The molecule has 0 spiro atoms. The van der Waals surface area contributed by atoms with Gasteiger partial charge in [-0.1, -0.05) is 12.1 Å². The fraction of sp³-hybridized carbons (Fsp3) is 0. The Kier molecular flexibility index (Phi) is 4.45. The molecule has 0 fully saturated rings. The van der Waals surface area contributed by atoms with Gasteiger partial charge in [0.15, 0.2) is 5.76 Å². The average molecular weight is 378 g/mol. The van der Waals surface area contributed by atoms with Crippen LogP contribution in [0, 0.1) is 11.6 Å². The van der Waals surface area contributed by atoms with Crippen molar-refractivity contribution in [1.82, 2.24) is 0 Å². The van der Waals surface area contributed by atoms with Gasteiger partial charge in [0.2, 0.25) is 5.78 Å². The highest BCUT2D eigenvalue weighted by atomic mass is 19.1. The fourth-order valence-electron chi connectivity index (χ4n) is 2.69. The summed E-state index contributed by atoms with van der Waals surface area (Å²) in [7, 11) is 0. The van der Waals surface area contributed by atoms with Crippen LogP contribution < -0.4 is 9.47 Å². The minimum Gasteiger partial charge on any atom is -0.452 e. The molecule has 0 saturated carbocycles. The second-order valence-electron chi connectivity index (χ2n) is 6.05. The van der Waals surface area contributed by atoms with Crippen LogP contribution >= 0.6 is 0 Å². The van der Waals surface area contributed by atoms with Crippen molar-refractivity contribution in [3.63, 3.8) is 0 Å². The Labute approximate surface area is 158 Å². The van der Waals surface area contributed by atoms with Crippen LogP contribution in [0.2, 0.25) is 0 Å². The third-order valence-electron chi connectivity index (χ3n) is 4.10.